The highest BCUT2D eigenvalue weighted by atomic mass is 19.3. The van der Waals surface area contributed by atoms with E-state index in [0.29, 0.717) is 17.0 Å². The Labute approximate surface area is 144 Å². The number of aromatic nitrogens is 2. The molecule has 1 aliphatic carbocycles. The van der Waals surface area contributed by atoms with Crippen LogP contribution in [0.3, 0.4) is 0 Å². The number of hydrogen-bond donors (Lipinski definition) is 1. The average Bonchev–Trinajstić information content (AvgIpc) is 3.13. The topological polar surface area (TPSA) is 68.0 Å². The van der Waals surface area contributed by atoms with Crippen molar-refractivity contribution < 1.29 is 18.1 Å². The summed E-state index contributed by atoms with van der Waals surface area (Å²) in [5.74, 6) is -2.33. The largest absolute Gasteiger partial charge is 0.349 e. The van der Waals surface area contributed by atoms with E-state index in [1.54, 1.807) is 24.3 Å². The van der Waals surface area contributed by atoms with E-state index in [9.17, 15) is 13.6 Å². The highest BCUT2D eigenvalue weighted by molar-refractivity contribution is 6.00. The first-order valence-electron chi connectivity index (χ1n) is 8.28. The minimum Gasteiger partial charge on any atom is -0.349 e. The fourth-order valence-electron chi connectivity index (χ4n) is 2.84. The monoisotopic (exact) mass is 349 g/mol. The van der Waals surface area contributed by atoms with Crippen LogP contribution in [0.1, 0.15) is 56.2 Å². The van der Waals surface area contributed by atoms with Crippen LogP contribution in [0.2, 0.25) is 0 Å². The predicted molar refractivity (Wildman–Crippen MR) is 88.5 cm³/mol. The van der Waals surface area contributed by atoms with Crippen LogP contribution in [-0.4, -0.2) is 28.0 Å². The summed E-state index contributed by atoms with van der Waals surface area (Å²) in [4.78, 5) is 16.9. The van der Waals surface area contributed by atoms with Crippen molar-refractivity contribution in [1.29, 1.82) is 0 Å². The molecule has 1 heterocycles. The number of halogens is 2. The van der Waals surface area contributed by atoms with Gasteiger partial charge in [0.2, 0.25) is 5.92 Å². The van der Waals surface area contributed by atoms with Crippen LogP contribution in [0, 0.1) is 0 Å². The summed E-state index contributed by atoms with van der Waals surface area (Å²) >= 11 is 0. The van der Waals surface area contributed by atoms with E-state index in [1.807, 2.05) is 20.8 Å². The van der Waals surface area contributed by atoms with Gasteiger partial charge in [-0.05, 0) is 18.6 Å². The minimum atomic E-state index is -2.70. The van der Waals surface area contributed by atoms with Gasteiger partial charge in [-0.3, -0.25) is 4.79 Å². The molecule has 1 unspecified atom stereocenters. The van der Waals surface area contributed by atoms with Crippen molar-refractivity contribution >= 4 is 5.91 Å². The van der Waals surface area contributed by atoms with Gasteiger partial charge in [0, 0.05) is 24.3 Å². The lowest BCUT2D eigenvalue weighted by atomic mass is 9.96. The van der Waals surface area contributed by atoms with Crippen LogP contribution in [0.4, 0.5) is 8.78 Å². The molecule has 3 rings (SSSR count). The molecule has 2 aromatic rings. The Morgan fingerprint density at radius 1 is 1.32 bits per heavy atom. The fourth-order valence-corrected chi connectivity index (χ4v) is 2.84. The van der Waals surface area contributed by atoms with E-state index in [0.717, 1.165) is 0 Å². The van der Waals surface area contributed by atoms with Crippen molar-refractivity contribution in [3.8, 4) is 11.5 Å². The van der Waals surface area contributed by atoms with Gasteiger partial charge < -0.3 is 9.84 Å². The molecule has 1 aliphatic rings. The lowest BCUT2D eigenvalue weighted by Crippen LogP contribution is -2.34. The van der Waals surface area contributed by atoms with Gasteiger partial charge >= 0.3 is 0 Å². The molecule has 1 N–H and O–H groups in total. The van der Waals surface area contributed by atoms with Crippen LogP contribution in [-0.2, 0) is 5.41 Å². The molecule has 1 aromatic heterocycles. The summed E-state index contributed by atoms with van der Waals surface area (Å²) in [5.41, 5.74) is 0.545. The van der Waals surface area contributed by atoms with Crippen LogP contribution in [0.25, 0.3) is 11.5 Å². The third-order valence-corrected chi connectivity index (χ3v) is 4.24. The van der Waals surface area contributed by atoms with Gasteiger partial charge in [0.05, 0.1) is 11.1 Å². The number of rotatable bonds is 3. The van der Waals surface area contributed by atoms with E-state index in [4.69, 9.17) is 4.52 Å². The van der Waals surface area contributed by atoms with E-state index >= 15 is 0 Å². The zero-order chi connectivity index (χ0) is 18.2. The Bertz CT molecular complexity index is 781. The molecule has 0 radical (unpaired) electrons. The summed E-state index contributed by atoms with van der Waals surface area (Å²) in [6.45, 7) is 5.88. The number of nitrogens with zero attached hydrogens (tertiary/aromatic N) is 2. The zero-order valence-electron chi connectivity index (χ0n) is 14.5. The van der Waals surface area contributed by atoms with Crippen molar-refractivity contribution in [2.24, 2.45) is 0 Å². The summed E-state index contributed by atoms with van der Waals surface area (Å²) in [6.07, 6.45) is -0.247. The number of nitrogens with one attached hydrogen (secondary N) is 1. The molecule has 0 saturated heterocycles. The van der Waals surface area contributed by atoms with Crippen LogP contribution in [0.5, 0.6) is 0 Å². The maximum absolute atomic E-state index is 13.3. The second kappa shape index (κ2) is 6.20. The number of hydrogen-bond acceptors (Lipinski definition) is 4. The molecule has 5 nitrogen and oxygen atoms in total. The third-order valence-electron chi connectivity index (χ3n) is 4.24. The molecule has 0 bridgehead atoms. The number of alkyl halides is 2. The molecule has 0 spiro atoms. The van der Waals surface area contributed by atoms with Crippen molar-refractivity contribution in [2.75, 3.05) is 0 Å². The number of carbonyl (C=O) groups is 1. The Morgan fingerprint density at radius 2 is 2.04 bits per heavy atom. The Hall–Kier alpha value is -2.31. The number of amides is 1. The zero-order valence-corrected chi connectivity index (χ0v) is 14.5. The smallest absolute Gasteiger partial charge is 0.258 e. The molecule has 0 aliphatic heterocycles. The molecule has 1 aromatic carbocycles. The predicted octanol–water partition coefficient (Wildman–Crippen LogP) is 3.95. The van der Waals surface area contributed by atoms with E-state index in [1.165, 1.54) is 0 Å². The summed E-state index contributed by atoms with van der Waals surface area (Å²) in [7, 11) is 0. The normalized spacial score (nSPS) is 19.8. The maximum Gasteiger partial charge on any atom is 0.258 e. The maximum atomic E-state index is 13.3. The molecule has 1 fully saturated rings. The lowest BCUT2D eigenvalue weighted by molar-refractivity contribution is 0.00711. The molecule has 134 valence electrons. The van der Waals surface area contributed by atoms with Gasteiger partial charge in [-0.1, -0.05) is 38.1 Å². The fraction of sp³-hybridized carbons (Fsp3) is 0.500. The molecular formula is C18H21F2N3O2. The summed E-state index contributed by atoms with van der Waals surface area (Å²) in [6, 6.07) is 6.28. The van der Waals surface area contributed by atoms with Gasteiger partial charge in [0.1, 0.15) is 0 Å². The Morgan fingerprint density at radius 3 is 2.64 bits per heavy atom. The summed E-state index contributed by atoms with van der Waals surface area (Å²) in [5, 5.41) is 6.66. The molecule has 1 saturated carbocycles. The number of carbonyl (C=O) groups excluding carboxylic acids is 1. The Kier molecular flexibility index (Phi) is 4.34. The lowest BCUT2D eigenvalue weighted by Gasteiger charge is -2.14. The quantitative estimate of drug-likeness (QED) is 0.911. The minimum absolute atomic E-state index is 0.196. The van der Waals surface area contributed by atoms with Crippen LogP contribution >= 0.6 is 0 Å². The second-order valence-electron chi connectivity index (χ2n) is 7.49. The van der Waals surface area contributed by atoms with Gasteiger partial charge in [0.25, 0.3) is 11.8 Å². The standard InChI is InChI=1S/C18H21F2N3O2/c1-17(2,3)16-22-15(25-23-16)13-7-5-4-6-12(13)14(24)21-11-8-9-18(19,20)10-11/h4-7,11H,8-10H2,1-3H3,(H,21,24). The van der Waals surface area contributed by atoms with Gasteiger partial charge in [-0.2, -0.15) is 4.98 Å². The van der Waals surface area contributed by atoms with Gasteiger partial charge in [0.15, 0.2) is 5.82 Å². The van der Waals surface area contributed by atoms with E-state index in [2.05, 4.69) is 15.5 Å². The molecular weight excluding hydrogens is 328 g/mol. The molecule has 1 atom stereocenters. The van der Waals surface area contributed by atoms with Crippen molar-refractivity contribution in [3.05, 3.63) is 35.7 Å². The van der Waals surface area contributed by atoms with Crippen molar-refractivity contribution in [3.63, 3.8) is 0 Å². The van der Waals surface area contributed by atoms with Gasteiger partial charge in [-0.25, -0.2) is 8.78 Å². The first-order valence-corrected chi connectivity index (χ1v) is 8.28. The highest BCUT2D eigenvalue weighted by Crippen LogP contribution is 2.35. The first-order chi connectivity index (χ1) is 11.7. The molecule has 25 heavy (non-hydrogen) atoms. The van der Waals surface area contributed by atoms with Crippen LogP contribution in [0.15, 0.2) is 28.8 Å². The summed E-state index contributed by atoms with van der Waals surface area (Å²) < 4.78 is 32.0. The molecule has 1 amide bonds. The third kappa shape index (κ3) is 3.86. The first kappa shape index (κ1) is 17.5. The van der Waals surface area contributed by atoms with E-state index < -0.39 is 17.9 Å². The average molecular weight is 349 g/mol. The van der Waals surface area contributed by atoms with Crippen molar-refractivity contribution in [1.82, 2.24) is 15.5 Å². The van der Waals surface area contributed by atoms with E-state index in [-0.39, 0.29) is 30.6 Å². The second-order valence-corrected chi connectivity index (χ2v) is 7.49. The van der Waals surface area contributed by atoms with Gasteiger partial charge in [-0.15, -0.1) is 0 Å². The van der Waals surface area contributed by atoms with Crippen molar-refractivity contribution in [2.45, 2.75) is 57.4 Å². The number of benzene rings is 1. The SMILES string of the molecule is CC(C)(C)c1noc(-c2ccccc2C(=O)NC2CCC(F)(F)C2)n1. The van der Waals surface area contributed by atoms with Crippen LogP contribution < -0.4 is 5.32 Å². The highest BCUT2D eigenvalue weighted by Gasteiger charge is 2.40. The Balaban J connectivity index is 1.84. The molecule has 7 heteroatoms.